The molecule has 0 spiro atoms. The van der Waals surface area contributed by atoms with Gasteiger partial charge < -0.3 is 9.73 Å². The first-order valence-corrected chi connectivity index (χ1v) is 12.6. The van der Waals surface area contributed by atoms with Crippen molar-refractivity contribution in [3.8, 4) is 0 Å². The van der Waals surface area contributed by atoms with Crippen LogP contribution >= 0.6 is 0 Å². The molecule has 0 bridgehead atoms. The molecule has 4 aromatic carbocycles. The number of nitrogens with zero attached hydrogens (tertiary/aromatic N) is 1. The molecule has 1 aromatic heterocycles. The molecule has 1 heterocycles. The minimum absolute atomic E-state index is 0.122. The van der Waals surface area contributed by atoms with E-state index in [4.69, 9.17) is 4.42 Å². The van der Waals surface area contributed by atoms with Crippen molar-refractivity contribution in [3.63, 3.8) is 0 Å². The summed E-state index contributed by atoms with van der Waals surface area (Å²) in [6.45, 7) is 3.40. The summed E-state index contributed by atoms with van der Waals surface area (Å²) in [5, 5.41) is 4.77. The second-order valence-corrected chi connectivity index (χ2v) is 10.3. The van der Waals surface area contributed by atoms with Crippen LogP contribution in [0, 0.1) is 13.8 Å². The number of hydrogen-bond acceptors (Lipinski definition) is 4. The van der Waals surface area contributed by atoms with Gasteiger partial charge in [0.05, 0.1) is 10.6 Å². The smallest absolute Gasteiger partial charge is 0.264 e. The molecule has 1 amide bonds. The van der Waals surface area contributed by atoms with Crippen molar-refractivity contribution in [1.29, 1.82) is 0 Å². The Bertz CT molecular complexity index is 1660. The van der Waals surface area contributed by atoms with Crippen LogP contribution < -0.4 is 9.62 Å². The van der Waals surface area contributed by atoms with E-state index in [-0.39, 0.29) is 11.4 Å². The number of nitrogens with one attached hydrogen (secondary N) is 1. The van der Waals surface area contributed by atoms with Crippen molar-refractivity contribution >= 4 is 49.2 Å². The molecule has 0 aliphatic carbocycles. The molecule has 5 rings (SSSR count). The van der Waals surface area contributed by atoms with Crippen LogP contribution in [-0.2, 0) is 14.8 Å². The average molecular weight is 485 g/mol. The van der Waals surface area contributed by atoms with Gasteiger partial charge in [-0.2, -0.15) is 0 Å². The van der Waals surface area contributed by atoms with Crippen LogP contribution in [0.15, 0.2) is 100 Å². The van der Waals surface area contributed by atoms with Crippen molar-refractivity contribution in [1.82, 2.24) is 0 Å². The fourth-order valence-electron chi connectivity index (χ4n) is 4.24. The average Bonchev–Trinajstić information content (AvgIpc) is 3.21. The fourth-order valence-corrected chi connectivity index (χ4v) is 5.75. The SMILES string of the molecule is Cc1ccc(N(CC(=O)Nc2ccc3c(c2)oc2ccccc23)S(=O)(=O)c2ccccc2)c(C)c1. The zero-order valence-electron chi connectivity index (χ0n) is 19.4. The molecule has 0 fully saturated rings. The Morgan fingerprint density at radius 1 is 0.829 bits per heavy atom. The molecule has 6 nitrogen and oxygen atoms in total. The number of aryl methyl sites for hydroxylation is 2. The Morgan fingerprint density at radius 3 is 2.31 bits per heavy atom. The number of rotatable bonds is 6. The van der Waals surface area contributed by atoms with E-state index in [9.17, 15) is 13.2 Å². The minimum Gasteiger partial charge on any atom is -0.456 e. The Balaban J connectivity index is 1.47. The lowest BCUT2D eigenvalue weighted by Gasteiger charge is -2.26. The van der Waals surface area contributed by atoms with Crippen molar-refractivity contribution in [2.45, 2.75) is 18.7 Å². The number of amides is 1. The van der Waals surface area contributed by atoms with Crippen molar-refractivity contribution in [2.75, 3.05) is 16.2 Å². The minimum atomic E-state index is -3.97. The standard InChI is InChI=1S/C28H24N2O4S/c1-19-12-15-25(20(2)16-19)30(35(32,33)22-8-4-3-5-9-22)18-28(31)29-21-13-14-24-23-10-6-7-11-26(23)34-27(24)17-21/h3-17H,18H2,1-2H3,(H,29,31). The number of sulfonamides is 1. The number of hydrogen-bond donors (Lipinski definition) is 1. The quantitative estimate of drug-likeness (QED) is 0.319. The molecule has 0 atom stereocenters. The Morgan fingerprint density at radius 2 is 1.54 bits per heavy atom. The van der Waals surface area contributed by atoms with E-state index in [0.29, 0.717) is 17.0 Å². The van der Waals surface area contributed by atoms with Crippen LogP contribution in [0.4, 0.5) is 11.4 Å². The highest BCUT2D eigenvalue weighted by atomic mass is 32.2. The Labute approximate surface area is 203 Å². The molecule has 0 saturated carbocycles. The summed E-state index contributed by atoms with van der Waals surface area (Å²) in [5.74, 6) is -0.458. The van der Waals surface area contributed by atoms with E-state index >= 15 is 0 Å². The Hall–Kier alpha value is -4.10. The third-order valence-corrected chi connectivity index (χ3v) is 7.68. The number of carbonyl (C=O) groups excluding carboxylic acids is 1. The molecular formula is C28H24N2O4S. The first-order chi connectivity index (χ1) is 16.8. The van der Waals surface area contributed by atoms with Gasteiger partial charge >= 0.3 is 0 Å². The topological polar surface area (TPSA) is 79.6 Å². The maximum Gasteiger partial charge on any atom is 0.264 e. The molecule has 176 valence electrons. The lowest BCUT2D eigenvalue weighted by atomic mass is 10.1. The maximum atomic E-state index is 13.6. The van der Waals surface area contributed by atoms with Crippen molar-refractivity contribution in [2.24, 2.45) is 0 Å². The molecule has 0 radical (unpaired) electrons. The third kappa shape index (κ3) is 4.38. The molecule has 0 saturated heterocycles. The van der Waals surface area contributed by atoms with Gasteiger partial charge in [-0.25, -0.2) is 8.42 Å². The summed E-state index contributed by atoms with van der Waals surface area (Å²) >= 11 is 0. The van der Waals surface area contributed by atoms with Gasteiger partial charge in [0.2, 0.25) is 5.91 Å². The summed E-state index contributed by atoms with van der Waals surface area (Å²) < 4.78 is 34.2. The molecular weight excluding hydrogens is 460 g/mol. The van der Waals surface area contributed by atoms with Gasteiger partial charge in [0.1, 0.15) is 17.7 Å². The van der Waals surface area contributed by atoms with Crippen molar-refractivity contribution < 1.29 is 17.6 Å². The number of carbonyl (C=O) groups is 1. The third-order valence-electron chi connectivity index (χ3n) is 5.90. The summed E-state index contributed by atoms with van der Waals surface area (Å²) in [5.41, 5.74) is 4.17. The zero-order chi connectivity index (χ0) is 24.6. The number of furan rings is 1. The Kier molecular flexibility index (Phi) is 5.78. The van der Waals surface area contributed by atoms with Gasteiger partial charge in [-0.05, 0) is 55.8 Å². The lowest BCUT2D eigenvalue weighted by Crippen LogP contribution is -2.38. The highest BCUT2D eigenvalue weighted by Gasteiger charge is 2.28. The van der Waals surface area contributed by atoms with Gasteiger partial charge in [0, 0.05) is 22.5 Å². The van der Waals surface area contributed by atoms with Gasteiger partial charge in [0.15, 0.2) is 0 Å². The maximum absolute atomic E-state index is 13.6. The predicted molar refractivity (Wildman–Crippen MR) is 139 cm³/mol. The summed E-state index contributed by atoms with van der Waals surface area (Å²) in [4.78, 5) is 13.2. The largest absolute Gasteiger partial charge is 0.456 e. The van der Waals surface area contributed by atoms with Gasteiger partial charge in [-0.1, -0.05) is 54.1 Å². The van der Waals surface area contributed by atoms with Gasteiger partial charge in [0.25, 0.3) is 10.0 Å². The van der Waals surface area contributed by atoms with E-state index in [1.54, 1.807) is 36.4 Å². The van der Waals surface area contributed by atoms with Crippen LogP contribution in [0.3, 0.4) is 0 Å². The van der Waals surface area contributed by atoms with Gasteiger partial charge in [-0.15, -0.1) is 0 Å². The van der Waals surface area contributed by atoms with Crippen LogP contribution in [0.1, 0.15) is 11.1 Å². The lowest BCUT2D eigenvalue weighted by molar-refractivity contribution is -0.114. The second kappa shape index (κ2) is 8.92. The molecule has 1 N–H and O–H groups in total. The second-order valence-electron chi connectivity index (χ2n) is 8.47. The molecule has 0 aliphatic heterocycles. The van der Waals surface area contributed by atoms with Crippen LogP contribution in [0.2, 0.25) is 0 Å². The van der Waals surface area contributed by atoms with Crippen LogP contribution in [-0.4, -0.2) is 20.9 Å². The van der Waals surface area contributed by atoms with Crippen LogP contribution in [0.25, 0.3) is 21.9 Å². The summed E-state index contributed by atoms with van der Waals surface area (Å²) in [6, 6.07) is 26.8. The van der Waals surface area contributed by atoms with Crippen molar-refractivity contribution in [3.05, 3.63) is 102 Å². The fraction of sp³-hybridized carbons (Fsp3) is 0.107. The number of anilines is 2. The molecule has 5 aromatic rings. The van der Waals surface area contributed by atoms with E-state index in [1.807, 2.05) is 56.3 Å². The van der Waals surface area contributed by atoms with E-state index in [1.165, 1.54) is 12.1 Å². The predicted octanol–water partition coefficient (Wildman–Crippen LogP) is 6.04. The molecule has 0 aliphatic rings. The highest BCUT2D eigenvalue weighted by molar-refractivity contribution is 7.92. The monoisotopic (exact) mass is 484 g/mol. The molecule has 7 heteroatoms. The van der Waals surface area contributed by atoms with Gasteiger partial charge in [-0.3, -0.25) is 9.10 Å². The van der Waals surface area contributed by atoms with E-state index in [0.717, 1.165) is 31.8 Å². The van der Waals surface area contributed by atoms with E-state index in [2.05, 4.69) is 5.32 Å². The molecule has 35 heavy (non-hydrogen) atoms. The highest BCUT2D eigenvalue weighted by Crippen LogP contribution is 2.31. The molecule has 0 unspecified atom stereocenters. The normalized spacial score (nSPS) is 11.6. The summed E-state index contributed by atoms with van der Waals surface area (Å²) in [7, 11) is -3.97. The zero-order valence-corrected chi connectivity index (χ0v) is 20.2. The summed E-state index contributed by atoms with van der Waals surface area (Å²) in [6.07, 6.45) is 0. The number of benzene rings is 4. The first-order valence-electron chi connectivity index (χ1n) is 11.2. The van der Waals surface area contributed by atoms with E-state index < -0.39 is 15.9 Å². The number of fused-ring (bicyclic) bond motifs is 3. The van der Waals surface area contributed by atoms with Crippen LogP contribution in [0.5, 0.6) is 0 Å². The number of para-hydroxylation sites is 1. The first kappa shape index (κ1) is 22.7.